The second kappa shape index (κ2) is 7.03. The molecule has 116 valence electrons. The monoisotopic (exact) mass is 355 g/mol. The Morgan fingerprint density at radius 1 is 1.38 bits per heavy atom. The van der Waals surface area contributed by atoms with Crippen LogP contribution in [0, 0.1) is 10.1 Å². The van der Waals surface area contributed by atoms with Crippen molar-refractivity contribution in [2.45, 2.75) is 6.42 Å². The number of rotatable bonds is 6. The third-order valence-corrected chi connectivity index (χ3v) is 4.01. The van der Waals surface area contributed by atoms with E-state index in [0.717, 1.165) is 6.07 Å². The maximum absolute atomic E-state index is 11.8. The predicted molar refractivity (Wildman–Crippen MR) is 78.0 cm³/mol. The van der Waals surface area contributed by atoms with Gasteiger partial charge in [0.15, 0.2) is 0 Å². The molecule has 0 heterocycles. The Balaban J connectivity index is 2.77. The number of nitro groups is 1. The van der Waals surface area contributed by atoms with Crippen molar-refractivity contribution in [1.29, 1.82) is 0 Å². The highest BCUT2D eigenvalue weighted by molar-refractivity contribution is 7.89. The number of carbonyl (C=O) groups is 1. The molecule has 1 rings (SSSR count). The van der Waals surface area contributed by atoms with E-state index < -0.39 is 26.5 Å². The van der Waals surface area contributed by atoms with E-state index in [2.05, 4.69) is 5.32 Å². The van der Waals surface area contributed by atoms with Gasteiger partial charge in [0.05, 0.1) is 15.7 Å². The number of halogens is 2. The van der Waals surface area contributed by atoms with Crippen LogP contribution in [0.25, 0.3) is 0 Å². The lowest BCUT2D eigenvalue weighted by molar-refractivity contribution is -0.384. The van der Waals surface area contributed by atoms with Gasteiger partial charge >= 0.3 is 0 Å². The third kappa shape index (κ3) is 5.46. The van der Waals surface area contributed by atoms with Gasteiger partial charge in [0.25, 0.3) is 11.6 Å². The molecule has 0 bridgehead atoms. The third-order valence-electron chi connectivity index (χ3n) is 2.36. The molecule has 1 aromatic rings. The lowest BCUT2D eigenvalue weighted by Crippen LogP contribution is -2.27. The molecule has 3 N–H and O–H groups in total. The Morgan fingerprint density at radius 2 is 2.00 bits per heavy atom. The van der Waals surface area contributed by atoms with Gasteiger partial charge in [-0.25, -0.2) is 13.6 Å². The number of hydrogen-bond acceptors (Lipinski definition) is 5. The normalized spacial score (nSPS) is 11.2. The quantitative estimate of drug-likeness (QED) is 0.450. The van der Waals surface area contributed by atoms with Gasteiger partial charge in [-0.05, 0) is 12.5 Å². The average Bonchev–Trinajstić information content (AvgIpc) is 2.35. The second-order valence-corrected chi connectivity index (χ2v) is 6.54. The fourth-order valence-corrected chi connectivity index (χ4v) is 2.36. The van der Waals surface area contributed by atoms with Crippen molar-refractivity contribution in [3.63, 3.8) is 0 Å². The highest BCUT2D eigenvalue weighted by Gasteiger charge is 2.20. The van der Waals surface area contributed by atoms with Crippen molar-refractivity contribution in [2.75, 3.05) is 12.3 Å². The molecule has 0 aromatic heterocycles. The van der Waals surface area contributed by atoms with Crippen LogP contribution in [-0.2, 0) is 10.0 Å². The van der Waals surface area contributed by atoms with E-state index in [-0.39, 0.29) is 34.3 Å². The number of sulfonamides is 1. The van der Waals surface area contributed by atoms with Crippen LogP contribution >= 0.6 is 23.2 Å². The van der Waals surface area contributed by atoms with Gasteiger partial charge in [0.2, 0.25) is 10.0 Å². The summed E-state index contributed by atoms with van der Waals surface area (Å²) in [6, 6.07) is 2.18. The zero-order chi connectivity index (χ0) is 16.2. The molecule has 11 heteroatoms. The molecule has 0 aliphatic heterocycles. The average molecular weight is 356 g/mol. The van der Waals surface area contributed by atoms with E-state index in [1.54, 1.807) is 0 Å². The number of carbonyl (C=O) groups excluding carboxylic acids is 1. The van der Waals surface area contributed by atoms with Crippen molar-refractivity contribution < 1.29 is 18.1 Å². The Labute approximate surface area is 130 Å². The molecule has 0 saturated heterocycles. The molecule has 0 spiro atoms. The molecule has 0 aliphatic rings. The van der Waals surface area contributed by atoms with E-state index >= 15 is 0 Å². The summed E-state index contributed by atoms with van der Waals surface area (Å²) in [7, 11) is -3.60. The fraction of sp³-hybridized carbons (Fsp3) is 0.300. The van der Waals surface area contributed by atoms with Gasteiger partial charge in [-0.3, -0.25) is 14.9 Å². The van der Waals surface area contributed by atoms with E-state index in [1.807, 2.05) is 0 Å². The summed E-state index contributed by atoms with van der Waals surface area (Å²) in [5.41, 5.74) is -0.537. The number of nitrogens with zero attached hydrogens (tertiary/aromatic N) is 1. The maximum atomic E-state index is 11.8. The number of nitro benzene ring substituents is 1. The van der Waals surface area contributed by atoms with E-state index in [9.17, 15) is 23.3 Å². The molecular weight excluding hydrogens is 345 g/mol. The fourth-order valence-electron chi connectivity index (χ4n) is 1.42. The van der Waals surface area contributed by atoms with Crippen LogP contribution in [0.3, 0.4) is 0 Å². The summed E-state index contributed by atoms with van der Waals surface area (Å²) in [6.07, 6.45) is 0.119. The molecule has 0 saturated carbocycles. The van der Waals surface area contributed by atoms with Gasteiger partial charge < -0.3 is 5.32 Å². The van der Waals surface area contributed by atoms with Crippen molar-refractivity contribution in [3.8, 4) is 0 Å². The highest BCUT2D eigenvalue weighted by atomic mass is 35.5. The minimum atomic E-state index is -3.60. The number of nitrogens with two attached hydrogens (primary N) is 1. The van der Waals surface area contributed by atoms with Crippen LogP contribution in [0.2, 0.25) is 10.0 Å². The van der Waals surface area contributed by atoms with Crippen molar-refractivity contribution >= 4 is 44.8 Å². The van der Waals surface area contributed by atoms with Gasteiger partial charge in [0.1, 0.15) is 5.02 Å². The van der Waals surface area contributed by atoms with E-state index in [1.165, 1.54) is 6.07 Å². The van der Waals surface area contributed by atoms with Crippen molar-refractivity contribution in [2.24, 2.45) is 5.14 Å². The zero-order valence-electron chi connectivity index (χ0n) is 10.5. The smallest absolute Gasteiger partial charge is 0.290 e. The molecule has 8 nitrogen and oxygen atoms in total. The molecule has 0 radical (unpaired) electrons. The standard InChI is InChI=1S/C10H11Cl2N3O5S/c11-7-4-6(5-8(9(7)12)15(17)18)10(16)14-2-1-3-21(13,19)20/h4-5H,1-3H2,(H,14,16)(H2,13,19,20). The van der Waals surface area contributed by atoms with Crippen LogP contribution in [-0.4, -0.2) is 31.5 Å². The summed E-state index contributed by atoms with van der Waals surface area (Å²) < 4.78 is 21.4. The molecule has 0 atom stereocenters. The molecular formula is C10H11Cl2N3O5S. The highest BCUT2D eigenvalue weighted by Crippen LogP contribution is 2.32. The Morgan fingerprint density at radius 3 is 2.52 bits per heavy atom. The SMILES string of the molecule is NS(=O)(=O)CCCNC(=O)c1cc(Cl)c(Cl)c([N+](=O)[O-])c1. The summed E-state index contributed by atoms with van der Waals surface area (Å²) in [5.74, 6) is -0.916. The predicted octanol–water partition coefficient (Wildman–Crippen LogP) is 1.31. The maximum Gasteiger partial charge on any atom is 0.290 e. The van der Waals surface area contributed by atoms with Gasteiger partial charge in [0, 0.05) is 18.2 Å². The molecule has 0 aliphatic carbocycles. The van der Waals surface area contributed by atoms with E-state index in [4.69, 9.17) is 28.3 Å². The summed E-state index contributed by atoms with van der Waals surface area (Å²) in [4.78, 5) is 21.8. The number of amides is 1. The number of hydrogen-bond donors (Lipinski definition) is 2. The largest absolute Gasteiger partial charge is 0.352 e. The summed E-state index contributed by atoms with van der Waals surface area (Å²) in [6.45, 7) is 0.0449. The molecule has 1 amide bonds. The minimum Gasteiger partial charge on any atom is -0.352 e. The Kier molecular flexibility index (Phi) is 5.90. The molecule has 1 aromatic carbocycles. The number of benzene rings is 1. The Hall–Kier alpha value is -1.42. The molecule has 21 heavy (non-hydrogen) atoms. The Bertz CT molecular complexity index is 678. The van der Waals surface area contributed by atoms with E-state index in [0.29, 0.717) is 0 Å². The van der Waals surface area contributed by atoms with Gasteiger partial charge in [-0.1, -0.05) is 23.2 Å². The second-order valence-electron chi connectivity index (χ2n) is 4.02. The minimum absolute atomic E-state index is 0.0449. The zero-order valence-corrected chi connectivity index (χ0v) is 12.8. The first-order valence-electron chi connectivity index (χ1n) is 5.54. The lowest BCUT2D eigenvalue weighted by atomic mass is 10.2. The van der Waals surface area contributed by atoms with Crippen LogP contribution < -0.4 is 10.5 Å². The molecule has 0 unspecified atom stereocenters. The first-order valence-corrected chi connectivity index (χ1v) is 8.01. The van der Waals surface area contributed by atoms with Crippen LogP contribution in [0.15, 0.2) is 12.1 Å². The molecule has 0 fully saturated rings. The van der Waals surface area contributed by atoms with Crippen LogP contribution in [0.4, 0.5) is 5.69 Å². The van der Waals surface area contributed by atoms with Gasteiger partial charge in [-0.15, -0.1) is 0 Å². The van der Waals surface area contributed by atoms with Crippen LogP contribution in [0.1, 0.15) is 16.8 Å². The van der Waals surface area contributed by atoms with Crippen LogP contribution in [0.5, 0.6) is 0 Å². The lowest BCUT2D eigenvalue weighted by Gasteiger charge is -2.06. The number of nitrogens with one attached hydrogen (secondary N) is 1. The van der Waals surface area contributed by atoms with Gasteiger partial charge in [-0.2, -0.15) is 0 Å². The summed E-state index contributed by atoms with van der Waals surface area (Å²) in [5, 5.41) is 17.6. The first kappa shape index (κ1) is 17.6. The summed E-state index contributed by atoms with van der Waals surface area (Å²) >= 11 is 11.4. The topological polar surface area (TPSA) is 132 Å². The van der Waals surface area contributed by atoms with Crippen molar-refractivity contribution in [3.05, 3.63) is 37.9 Å². The van der Waals surface area contributed by atoms with Crippen molar-refractivity contribution in [1.82, 2.24) is 5.32 Å². The first-order chi connectivity index (χ1) is 9.61. The number of primary sulfonamides is 1.